The molecule has 0 atom stereocenters. The summed E-state index contributed by atoms with van der Waals surface area (Å²) < 4.78 is 0. The molecule has 22 heavy (non-hydrogen) atoms. The predicted octanol–water partition coefficient (Wildman–Crippen LogP) is 4.79. The minimum absolute atomic E-state index is 0.698. The summed E-state index contributed by atoms with van der Waals surface area (Å²) in [7, 11) is -0.589. The van der Waals surface area contributed by atoms with Crippen molar-refractivity contribution < 1.29 is 0 Å². The van der Waals surface area contributed by atoms with Crippen LogP contribution in [-0.2, 0) is 6.42 Å². The van der Waals surface area contributed by atoms with Crippen molar-refractivity contribution in [2.24, 2.45) is 0 Å². The van der Waals surface area contributed by atoms with Crippen LogP contribution in [0.5, 0.6) is 0 Å². The largest absolute Gasteiger partial charge is 0.145 e. The highest BCUT2D eigenvalue weighted by molar-refractivity contribution is 6.90. The van der Waals surface area contributed by atoms with Crippen molar-refractivity contribution in [2.75, 3.05) is 0 Å². The van der Waals surface area contributed by atoms with Crippen LogP contribution in [0.4, 0.5) is 0 Å². The van der Waals surface area contributed by atoms with Gasteiger partial charge in [0, 0.05) is 16.7 Å². The molecule has 120 valence electrons. The molecule has 0 saturated heterocycles. The molecule has 0 unspecified atom stereocenters. The van der Waals surface area contributed by atoms with Crippen LogP contribution in [0.1, 0.15) is 52.7 Å². The van der Waals surface area contributed by atoms with Crippen molar-refractivity contribution in [1.29, 1.82) is 0 Å². The minimum atomic E-state index is -1.60. The van der Waals surface area contributed by atoms with E-state index in [0.717, 1.165) is 16.7 Å². The predicted molar refractivity (Wildman–Crippen MR) is 108 cm³/mol. The van der Waals surface area contributed by atoms with Crippen LogP contribution in [0.15, 0.2) is 30.8 Å². The van der Waals surface area contributed by atoms with E-state index in [-0.39, 0.29) is 0 Å². The molecule has 1 aromatic carbocycles. The zero-order valence-electron chi connectivity index (χ0n) is 15.5. The fraction of sp³-hybridized carbons (Fsp3) is 0.500. The SMILES string of the molecule is C=C([SiH3])c1ccccc1CC#C[Si](C(C)C)(C(C)C)C(C)C. The molecule has 0 aliphatic heterocycles. The van der Waals surface area contributed by atoms with E-state index in [2.05, 4.69) is 83.9 Å². The van der Waals surface area contributed by atoms with Gasteiger partial charge in [-0.15, -0.1) is 18.0 Å². The molecule has 0 amide bonds. The number of rotatable bonds is 5. The highest BCUT2D eigenvalue weighted by Gasteiger charge is 2.41. The van der Waals surface area contributed by atoms with Crippen molar-refractivity contribution in [1.82, 2.24) is 0 Å². The zero-order chi connectivity index (χ0) is 16.9. The van der Waals surface area contributed by atoms with Crippen molar-refractivity contribution in [2.45, 2.75) is 64.6 Å². The van der Waals surface area contributed by atoms with Crippen LogP contribution in [0.3, 0.4) is 0 Å². The fourth-order valence-corrected chi connectivity index (χ4v) is 9.56. The lowest BCUT2D eigenvalue weighted by molar-refractivity contribution is 0.838. The molecular weight excluding hydrogens is 296 g/mol. The van der Waals surface area contributed by atoms with E-state index >= 15 is 0 Å². The molecule has 0 fully saturated rings. The number of benzene rings is 1. The van der Waals surface area contributed by atoms with E-state index in [1.54, 1.807) is 0 Å². The maximum absolute atomic E-state index is 4.15. The highest BCUT2D eigenvalue weighted by Crippen LogP contribution is 2.40. The first-order valence-corrected chi connectivity index (χ1v) is 11.7. The molecule has 2 heteroatoms. The average Bonchev–Trinajstić information content (AvgIpc) is 2.42. The second-order valence-corrected chi connectivity index (χ2v) is 14.1. The van der Waals surface area contributed by atoms with Crippen molar-refractivity contribution in [3.8, 4) is 11.5 Å². The number of hydrogen-bond acceptors (Lipinski definition) is 0. The van der Waals surface area contributed by atoms with Gasteiger partial charge in [0.25, 0.3) is 0 Å². The summed E-state index contributed by atoms with van der Waals surface area (Å²) in [5.41, 5.74) is 8.57. The van der Waals surface area contributed by atoms with Gasteiger partial charge in [-0.05, 0) is 27.8 Å². The number of hydrogen-bond donors (Lipinski definition) is 0. The molecule has 0 aromatic heterocycles. The van der Waals surface area contributed by atoms with E-state index in [1.807, 2.05) is 0 Å². The van der Waals surface area contributed by atoms with E-state index in [1.165, 1.54) is 16.3 Å². The Morgan fingerprint density at radius 1 is 1.05 bits per heavy atom. The Morgan fingerprint density at radius 3 is 2.00 bits per heavy atom. The van der Waals surface area contributed by atoms with Gasteiger partial charge in [0.2, 0.25) is 0 Å². The molecule has 1 rings (SSSR count). The van der Waals surface area contributed by atoms with Gasteiger partial charge < -0.3 is 0 Å². The first kappa shape index (κ1) is 19.0. The van der Waals surface area contributed by atoms with Gasteiger partial charge >= 0.3 is 0 Å². The third-order valence-corrected chi connectivity index (χ3v) is 11.8. The maximum atomic E-state index is 4.15. The molecule has 0 heterocycles. The van der Waals surface area contributed by atoms with Gasteiger partial charge in [-0.2, -0.15) is 0 Å². The van der Waals surface area contributed by atoms with Crippen molar-refractivity contribution in [3.63, 3.8) is 0 Å². The van der Waals surface area contributed by atoms with E-state index < -0.39 is 8.07 Å². The second kappa shape index (κ2) is 7.99. The van der Waals surface area contributed by atoms with Crippen LogP contribution < -0.4 is 0 Å². The van der Waals surface area contributed by atoms with Crippen LogP contribution in [0, 0.1) is 11.5 Å². The Bertz CT molecular complexity index is 549. The summed E-state index contributed by atoms with van der Waals surface area (Å²) in [5, 5.41) is 1.26. The average molecular weight is 329 g/mol. The maximum Gasteiger partial charge on any atom is 0.145 e. The highest BCUT2D eigenvalue weighted by atomic mass is 28.3. The summed E-state index contributed by atoms with van der Waals surface area (Å²) in [6.07, 6.45) is 0.859. The molecule has 0 N–H and O–H groups in total. The summed E-state index contributed by atoms with van der Waals surface area (Å²) in [6.45, 7) is 18.4. The van der Waals surface area contributed by atoms with Crippen LogP contribution >= 0.6 is 0 Å². The zero-order valence-corrected chi connectivity index (χ0v) is 18.5. The van der Waals surface area contributed by atoms with Gasteiger partial charge in [-0.3, -0.25) is 0 Å². The summed E-state index contributed by atoms with van der Waals surface area (Å²) in [4.78, 5) is 0. The first-order valence-electron chi connectivity index (χ1n) is 8.47. The Morgan fingerprint density at radius 2 is 1.55 bits per heavy atom. The van der Waals surface area contributed by atoms with E-state index in [9.17, 15) is 0 Å². The summed E-state index contributed by atoms with van der Waals surface area (Å²) >= 11 is 0. The Labute approximate surface area is 141 Å². The first-order chi connectivity index (χ1) is 10.2. The molecular formula is C20H32Si2. The minimum Gasteiger partial charge on any atom is -0.130 e. The second-order valence-electron chi connectivity index (χ2n) is 7.31. The Kier molecular flexibility index (Phi) is 6.90. The monoisotopic (exact) mass is 328 g/mol. The van der Waals surface area contributed by atoms with Gasteiger partial charge in [-0.1, -0.05) is 71.0 Å². The molecule has 0 radical (unpaired) electrons. The van der Waals surface area contributed by atoms with E-state index in [4.69, 9.17) is 0 Å². The van der Waals surface area contributed by atoms with Gasteiger partial charge in [-0.25, -0.2) is 0 Å². The van der Waals surface area contributed by atoms with Crippen molar-refractivity contribution >= 4 is 23.5 Å². The lowest BCUT2D eigenvalue weighted by Crippen LogP contribution is -2.43. The van der Waals surface area contributed by atoms with Crippen LogP contribution in [-0.4, -0.2) is 18.3 Å². The summed E-state index contributed by atoms with van der Waals surface area (Å²) in [5.74, 6) is 3.57. The van der Waals surface area contributed by atoms with Crippen LogP contribution in [0.2, 0.25) is 16.6 Å². The fourth-order valence-electron chi connectivity index (χ4n) is 3.82. The molecule has 0 bridgehead atoms. The van der Waals surface area contributed by atoms with Gasteiger partial charge in [0.1, 0.15) is 8.07 Å². The standard InChI is InChI=1S/C20H32Si2/c1-15(2)22(16(3)4,17(5)6)14-10-12-19-11-8-9-13-20(19)18(7)21/h8-9,11,13,15-17H,7,12H2,1-6,21H3. The normalized spacial score (nSPS) is 11.9. The lowest BCUT2D eigenvalue weighted by atomic mass is 10.1. The lowest BCUT2D eigenvalue weighted by Gasteiger charge is -2.38. The van der Waals surface area contributed by atoms with E-state index in [0.29, 0.717) is 16.6 Å². The van der Waals surface area contributed by atoms with Crippen LogP contribution in [0.25, 0.3) is 5.20 Å². The molecule has 0 spiro atoms. The molecule has 0 aliphatic carbocycles. The molecule has 0 nitrogen and oxygen atoms in total. The third kappa shape index (κ3) is 4.03. The van der Waals surface area contributed by atoms with Crippen molar-refractivity contribution in [3.05, 3.63) is 42.0 Å². The topological polar surface area (TPSA) is 0 Å². The quantitative estimate of drug-likeness (QED) is 0.538. The van der Waals surface area contributed by atoms with Gasteiger partial charge in [0.15, 0.2) is 0 Å². The molecule has 1 aromatic rings. The molecule has 0 aliphatic rings. The Hall–Kier alpha value is -1.05. The van der Waals surface area contributed by atoms with Gasteiger partial charge in [0.05, 0.1) is 0 Å². The smallest absolute Gasteiger partial charge is 0.130 e. The molecule has 0 saturated carbocycles. The Balaban J connectivity index is 3.14. The third-order valence-electron chi connectivity index (χ3n) is 4.93. The summed E-state index contributed by atoms with van der Waals surface area (Å²) in [6, 6.07) is 8.61.